The second-order valence-corrected chi connectivity index (χ2v) is 9.11. The highest BCUT2D eigenvalue weighted by molar-refractivity contribution is 7.92. The van der Waals surface area contributed by atoms with Crippen molar-refractivity contribution in [2.75, 3.05) is 10.6 Å². The standard InChI is InChI=1S/C22H29FN2O3S/c1-6-19(17-13-12-15(3)16(4)14-17)24-22(26)20(7-2)25(29(5,27)28)21-11-9-8-10-18(21)23/h8-14,19-20H,6-7H2,1-5H3,(H,24,26)/t19-,20+/m1/s1. The van der Waals surface area contributed by atoms with Gasteiger partial charge < -0.3 is 5.32 Å². The summed E-state index contributed by atoms with van der Waals surface area (Å²) >= 11 is 0. The molecule has 1 N–H and O–H groups in total. The van der Waals surface area contributed by atoms with Gasteiger partial charge >= 0.3 is 0 Å². The van der Waals surface area contributed by atoms with E-state index in [2.05, 4.69) is 5.32 Å². The summed E-state index contributed by atoms with van der Waals surface area (Å²) in [5.74, 6) is -1.14. The van der Waals surface area contributed by atoms with E-state index in [0.29, 0.717) is 6.42 Å². The second kappa shape index (κ2) is 9.39. The molecule has 0 aromatic heterocycles. The minimum atomic E-state index is -3.88. The van der Waals surface area contributed by atoms with Crippen molar-refractivity contribution in [1.29, 1.82) is 0 Å². The van der Waals surface area contributed by atoms with Crippen LogP contribution in [0.4, 0.5) is 10.1 Å². The molecule has 0 saturated heterocycles. The van der Waals surface area contributed by atoms with Crippen molar-refractivity contribution >= 4 is 21.6 Å². The molecule has 0 spiro atoms. The Balaban J connectivity index is 2.38. The Hall–Kier alpha value is -2.41. The second-order valence-electron chi connectivity index (χ2n) is 7.25. The van der Waals surface area contributed by atoms with Gasteiger partial charge in [0.15, 0.2) is 0 Å². The predicted octanol–water partition coefficient (Wildman–Crippen LogP) is 4.25. The number of sulfonamides is 1. The van der Waals surface area contributed by atoms with Crippen molar-refractivity contribution in [1.82, 2.24) is 5.32 Å². The molecule has 0 fully saturated rings. The summed E-state index contributed by atoms with van der Waals surface area (Å²) in [6.45, 7) is 7.68. The van der Waals surface area contributed by atoms with Gasteiger partial charge in [-0.1, -0.05) is 44.2 Å². The molecule has 158 valence electrons. The van der Waals surface area contributed by atoms with Gasteiger partial charge in [-0.05, 0) is 55.5 Å². The van der Waals surface area contributed by atoms with E-state index in [9.17, 15) is 17.6 Å². The number of hydrogen-bond donors (Lipinski definition) is 1. The third kappa shape index (κ3) is 5.35. The van der Waals surface area contributed by atoms with Crippen molar-refractivity contribution in [3.05, 3.63) is 65.0 Å². The fourth-order valence-electron chi connectivity index (χ4n) is 3.34. The molecule has 1 amide bonds. The lowest BCUT2D eigenvalue weighted by molar-refractivity contribution is -0.123. The maximum absolute atomic E-state index is 14.4. The summed E-state index contributed by atoms with van der Waals surface area (Å²) in [7, 11) is -3.88. The van der Waals surface area contributed by atoms with Crippen LogP contribution in [0.1, 0.15) is 49.4 Å². The first kappa shape index (κ1) is 22.9. The molecule has 0 radical (unpaired) electrons. The number of amides is 1. The Morgan fingerprint density at radius 2 is 1.72 bits per heavy atom. The number of rotatable bonds is 8. The van der Waals surface area contributed by atoms with E-state index >= 15 is 0 Å². The fraction of sp³-hybridized carbons (Fsp3) is 0.409. The van der Waals surface area contributed by atoms with E-state index in [4.69, 9.17) is 0 Å². The number of anilines is 1. The molecule has 29 heavy (non-hydrogen) atoms. The summed E-state index contributed by atoms with van der Waals surface area (Å²) in [6, 6.07) is 10.2. The molecule has 2 aromatic rings. The van der Waals surface area contributed by atoms with Crippen LogP contribution in [-0.2, 0) is 14.8 Å². The molecule has 0 aliphatic carbocycles. The number of benzene rings is 2. The van der Waals surface area contributed by atoms with Gasteiger partial charge in [-0.2, -0.15) is 0 Å². The molecule has 2 aromatic carbocycles. The van der Waals surface area contributed by atoms with Crippen LogP contribution in [0.25, 0.3) is 0 Å². The largest absolute Gasteiger partial charge is 0.347 e. The summed E-state index contributed by atoms with van der Waals surface area (Å²) in [6.07, 6.45) is 1.83. The Labute approximate surface area is 173 Å². The van der Waals surface area contributed by atoms with E-state index in [0.717, 1.165) is 27.3 Å². The monoisotopic (exact) mass is 420 g/mol. The number of nitrogens with one attached hydrogen (secondary N) is 1. The highest BCUT2D eigenvalue weighted by atomic mass is 32.2. The predicted molar refractivity (Wildman–Crippen MR) is 115 cm³/mol. The number of carbonyl (C=O) groups excluding carboxylic acids is 1. The third-order valence-electron chi connectivity index (χ3n) is 5.08. The van der Waals surface area contributed by atoms with Crippen molar-refractivity contribution in [2.45, 2.75) is 52.6 Å². The molecule has 0 bridgehead atoms. The molecule has 0 aliphatic rings. The lowest BCUT2D eigenvalue weighted by atomic mass is 9.99. The number of carbonyl (C=O) groups is 1. The number of nitrogens with zero attached hydrogens (tertiary/aromatic N) is 1. The average Bonchev–Trinajstić information content (AvgIpc) is 2.66. The molecule has 0 unspecified atom stereocenters. The highest BCUT2D eigenvalue weighted by Gasteiger charge is 2.33. The zero-order valence-electron chi connectivity index (χ0n) is 17.6. The van der Waals surface area contributed by atoms with E-state index < -0.39 is 27.8 Å². The maximum atomic E-state index is 14.4. The fourth-order valence-corrected chi connectivity index (χ4v) is 4.55. The van der Waals surface area contributed by atoms with Crippen molar-refractivity contribution < 1.29 is 17.6 Å². The summed E-state index contributed by atoms with van der Waals surface area (Å²) in [5.41, 5.74) is 3.10. The minimum Gasteiger partial charge on any atom is -0.347 e. The molecule has 2 rings (SSSR count). The van der Waals surface area contributed by atoms with E-state index in [-0.39, 0.29) is 18.2 Å². The summed E-state index contributed by atoms with van der Waals surface area (Å²) in [4.78, 5) is 13.1. The lowest BCUT2D eigenvalue weighted by Crippen LogP contribution is -2.50. The first-order valence-corrected chi connectivity index (χ1v) is 11.6. The van der Waals surface area contributed by atoms with Gasteiger partial charge in [0.2, 0.25) is 15.9 Å². The van der Waals surface area contributed by atoms with Crippen LogP contribution in [0.3, 0.4) is 0 Å². The van der Waals surface area contributed by atoms with Gasteiger partial charge in [-0.25, -0.2) is 12.8 Å². The van der Waals surface area contributed by atoms with Gasteiger partial charge in [0.25, 0.3) is 0 Å². The summed E-state index contributed by atoms with van der Waals surface area (Å²) in [5, 5.41) is 2.95. The van der Waals surface area contributed by atoms with Crippen LogP contribution in [0.5, 0.6) is 0 Å². The van der Waals surface area contributed by atoms with Crippen molar-refractivity contribution in [3.63, 3.8) is 0 Å². The topological polar surface area (TPSA) is 66.5 Å². The maximum Gasteiger partial charge on any atom is 0.244 e. The Morgan fingerprint density at radius 1 is 1.07 bits per heavy atom. The Kier molecular flexibility index (Phi) is 7.41. The van der Waals surface area contributed by atoms with E-state index in [1.807, 2.05) is 39.0 Å². The molecule has 2 atom stereocenters. The quantitative estimate of drug-likeness (QED) is 0.694. The van der Waals surface area contributed by atoms with Crippen LogP contribution in [0.15, 0.2) is 42.5 Å². The van der Waals surface area contributed by atoms with E-state index in [1.54, 1.807) is 13.0 Å². The van der Waals surface area contributed by atoms with Gasteiger partial charge in [0.05, 0.1) is 18.0 Å². The zero-order chi connectivity index (χ0) is 21.8. The number of aryl methyl sites for hydroxylation is 2. The molecule has 0 saturated carbocycles. The Bertz CT molecular complexity index is 976. The minimum absolute atomic E-state index is 0.128. The first-order valence-electron chi connectivity index (χ1n) is 9.71. The molecule has 0 heterocycles. The van der Waals surface area contributed by atoms with Crippen molar-refractivity contribution in [2.24, 2.45) is 0 Å². The molecule has 5 nitrogen and oxygen atoms in total. The van der Waals surface area contributed by atoms with E-state index in [1.165, 1.54) is 18.2 Å². The lowest BCUT2D eigenvalue weighted by Gasteiger charge is -2.31. The molecule has 7 heteroatoms. The van der Waals surface area contributed by atoms with Crippen LogP contribution in [-0.4, -0.2) is 26.6 Å². The highest BCUT2D eigenvalue weighted by Crippen LogP contribution is 2.26. The molecular weight excluding hydrogens is 391 g/mol. The average molecular weight is 421 g/mol. The van der Waals surface area contributed by atoms with Crippen LogP contribution in [0.2, 0.25) is 0 Å². The number of halogens is 1. The zero-order valence-corrected chi connectivity index (χ0v) is 18.4. The summed E-state index contributed by atoms with van der Waals surface area (Å²) < 4.78 is 40.2. The van der Waals surface area contributed by atoms with Crippen LogP contribution < -0.4 is 9.62 Å². The third-order valence-corrected chi connectivity index (χ3v) is 6.24. The Morgan fingerprint density at radius 3 is 2.24 bits per heavy atom. The van der Waals surface area contributed by atoms with Crippen LogP contribution in [0, 0.1) is 19.7 Å². The molecule has 0 aliphatic heterocycles. The molecular formula is C22H29FN2O3S. The smallest absolute Gasteiger partial charge is 0.244 e. The number of hydrogen-bond acceptors (Lipinski definition) is 3. The first-order chi connectivity index (χ1) is 13.6. The van der Waals surface area contributed by atoms with Gasteiger partial charge in [-0.15, -0.1) is 0 Å². The SMILES string of the molecule is CC[C@@H](NC(=O)[C@H](CC)N(c1ccccc1F)S(C)(=O)=O)c1ccc(C)c(C)c1. The van der Waals surface area contributed by atoms with Gasteiger partial charge in [0.1, 0.15) is 11.9 Å². The number of para-hydroxylation sites is 1. The normalized spacial score (nSPS) is 13.6. The van der Waals surface area contributed by atoms with Gasteiger partial charge in [-0.3, -0.25) is 9.10 Å². The van der Waals surface area contributed by atoms with Crippen molar-refractivity contribution in [3.8, 4) is 0 Å². The van der Waals surface area contributed by atoms with Gasteiger partial charge in [0, 0.05) is 0 Å². The van der Waals surface area contributed by atoms with Crippen LogP contribution >= 0.6 is 0 Å².